The predicted octanol–water partition coefficient (Wildman–Crippen LogP) is 2.09. The summed E-state index contributed by atoms with van der Waals surface area (Å²) in [6, 6.07) is 6.78. The van der Waals surface area contributed by atoms with Crippen LogP contribution in [0.3, 0.4) is 0 Å². The highest BCUT2D eigenvalue weighted by Crippen LogP contribution is 2.30. The standard InChI is InChI=1S/C12H10N2O3/c1-16-11-7-9(8-15)3-4-10(11)17-12-13-5-2-6-14-12/h2-8H,1H3. The van der Waals surface area contributed by atoms with Gasteiger partial charge in [-0.3, -0.25) is 4.79 Å². The van der Waals surface area contributed by atoms with Gasteiger partial charge in [-0.2, -0.15) is 0 Å². The third-order valence-corrected chi connectivity index (χ3v) is 2.07. The predicted molar refractivity (Wildman–Crippen MR) is 60.5 cm³/mol. The molecule has 0 radical (unpaired) electrons. The molecule has 0 atom stereocenters. The number of hydrogen-bond acceptors (Lipinski definition) is 5. The van der Waals surface area contributed by atoms with E-state index >= 15 is 0 Å². The molecule has 0 unspecified atom stereocenters. The fraction of sp³-hybridized carbons (Fsp3) is 0.0833. The van der Waals surface area contributed by atoms with Crippen LogP contribution in [0.1, 0.15) is 10.4 Å². The molecular formula is C12H10N2O3. The monoisotopic (exact) mass is 230 g/mol. The number of aromatic nitrogens is 2. The molecule has 5 heteroatoms. The zero-order chi connectivity index (χ0) is 12.1. The maximum atomic E-state index is 10.6. The van der Waals surface area contributed by atoms with Crippen LogP contribution >= 0.6 is 0 Å². The van der Waals surface area contributed by atoms with Gasteiger partial charge in [0.2, 0.25) is 0 Å². The number of carbonyl (C=O) groups is 1. The Morgan fingerprint density at radius 2 is 1.94 bits per heavy atom. The molecule has 1 aromatic carbocycles. The summed E-state index contributed by atoms with van der Waals surface area (Å²) in [7, 11) is 1.50. The third-order valence-electron chi connectivity index (χ3n) is 2.07. The summed E-state index contributed by atoms with van der Waals surface area (Å²) < 4.78 is 10.6. The molecule has 2 rings (SSSR count). The lowest BCUT2D eigenvalue weighted by atomic mass is 10.2. The lowest BCUT2D eigenvalue weighted by Crippen LogP contribution is -1.94. The van der Waals surface area contributed by atoms with Gasteiger partial charge in [-0.15, -0.1) is 0 Å². The van der Waals surface area contributed by atoms with Gasteiger partial charge in [0, 0.05) is 18.0 Å². The Morgan fingerprint density at radius 3 is 2.59 bits per heavy atom. The molecule has 0 spiro atoms. The summed E-state index contributed by atoms with van der Waals surface area (Å²) in [6.07, 6.45) is 3.90. The van der Waals surface area contributed by atoms with E-state index < -0.39 is 0 Å². The van der Waals surface area contributed by atoms with Crippen molar-refractivity contribution in [1.29, 1.82) is 0 Å². The van der Waals surface area contributed by atoms with Crippen LogP contribution in [0.4, 0.5) is 0 Å². The number of ether oxygens (including phenoxy) is 2. The maximum absolute atomic E-state index is 10.6. The second-order valence-electron chi connectivity index (χ2n) is 3.16. The molecule has 0 aliphatic rings. The van der Waals surface area contributed by atoms with Crippen molar-refractivity contribution >= 4 is 6.29 Å². The largest absolute Gasteiger partial charge is 0.493 e. The summed E-state index contributed by atoms with van der Waals surface area (Å²) in [4.78, 5) is 18.5. The van der Waals surface area contributed by atoms with Crippen molar-refractivity contribution in [3.8, 4) is 17.5 Å². The molecule has 2 aromatic rings. The molecule has 0 saturated carbocycles. The zero-order valence-electron chi connectivity index (χ0n) is 9.16. The highest BCUT2D eigenvalue weighted by molar-refractivity contribution is 5.76. The van der Waals surface area contributed by atoms with Crippen LogP contribution in [0.15, 0.2) is 36.7 Å². The molecule has 0 N–H and O–H groups in total. The molecule has 0 bridgehead atoms. The zero-order valence-corrected chi connectivity index (χ0v) is 9.16. The average molecular weight is 230 g/mol. The van der Waals surface area contributed by atoms with Crippen molar-refractivity contribution in [1.82, 2.24) is 9.97 Å². The van der Waals surface area contributed by atoms with Gasteiger partial charge >= 0.3 is 6.01 Å². The summed E-state index contributed by atoms with van der Waals surface area (Å²) >= 11 is 0. The minimum absolute atomic E-state index is 0.227. The Hall–Kier alpha value is -2.43. The SMILES string of the molecule is COc1cc(C=O)ccc1Oc1ncccn1. The van der Waals surface area contributed by atoms with Crippen molar-refractivity contribution in [2.24, 2.45) is 0 Å². The second-order valence-corrected chi connectivity index (χ2v) is 3.16. The molecule has 1 aromatic heterocycles. The minimum atomic E-state index is 0.227. The Kier molecular flexibility index (Phi) is 3.30. The molecule has 0 aliphatic heterocycles. The lowest BCUT2D eigenvalue weighted by molar-refractivity contribution is 0.112. The smallest absolute Gasteiger partial charge is 0.321 e. The Morgan fingerprint density at radius 1 is 1.18 bits per heavy atom. The van der Waals surface area contributed by atoms with Crippen molar-refractivity contribution < 1.29 is 14.3 Å². The molecule has 0 fully saturated rings. The second kappa shape index (κ2) is 5.07. The van der Waals surface area contributed by atoms with Crippen LogP contribution in [0.5, 0.6) is 17.5 Å². The molecule has 0 amide bonds. The van der Waals surface area contributed by atoms with E-state index in [1.165, 1.54) is 7.11 Å². The number of hydrogen-bond donors (Lipinski definition) is 0. The molecule has 17 heavy (non-hydrogen) atoms. The van der Waals surface area contributed by atoms with Crippen LogP contribution in [0.2, 0.25) is 0 Å². The van der Waals surface area contributed by atoms with Gasteiger partial charge in [-0.05, 0) is 24.3 Å². The Balaban J connectivity index is 2.29. The molecular weight excluding hydrogens is 220 g/mol. The third kappa shape index (κ3) is 2.57. The Bertz CT molecular complexity index is 514. The van der Waals surface area contributed by atoms with Crippen LogP contribution in [0.25, 0.3) is 0 Å². The first-order chi connectivity index (χ1) is 8.33. The first-order valence-corrected chi connectivity index (χ1v) is 4.91. The molecule has 86 valence electrons. The van der Waals surface area contributed by atoms with E-state index in [0.717, 1.165) is 6.29 Å². The Labute approximate surface area is 98.0 Å². The van der Waals surface area contributed by atoms with E-state index in [9.17, 15) is 4.79 Å². The van der Waals surface area contributed by atoms with Gasteiger partial charge in [0.15, 0.2) is 11.5 Å². The fourth-order valence-corrected chi connectivity index (χ4v) is 1.28. The number of carbonyl (C=O) groups excluding carboxylic acids is 1. The van der Waals surface area contributed by atoms with Crippen molar-refractivity contribution in [2.75, 3.05) is 7.11 Å². The summed E-state index contributed by atoms with van der Waals surface area (Å²) in [6.45, 7) is 0. The minimum Gasteiger partial charge on any atom is -0.493 e. The van der Waals surface area contributed by atoms with E-state index in [1.54, 1.807) is 36.7 Å². The van der Waals surface area contributed by atoms with Gasteiger partial charge in [-0.25, -0.2) is 9.97 Å². The number of rotatable bonds is 4. The lowest BCUT2D eigenvalue weighted by Gasteiger charge is -2.08. The fourth-order valence-electron chi connectivity index (χ4n) is 1.28. The first-order valence-electron chi connectivity index (χ1n) is 4.91. The molecule has 1 heterocycles. The molecule has 0 aliphatic carbocycles. The highest BCUT2D eigenvalue weighted by atomic mass is 16.5. The van der Waals surface area contributed by atoms with Gasteiger partial charge in [0.1, 0.15) is 6.29 Å². The molecule has 0 saturated heterocycles. The highest BCUT2D eigenvalue weighted by Gasteiger charge is 2.07. The first kappa shape index (κ1) is 11.1. The van der Waals surface area contributed by atoms with E-state index in [-0.39, 0.29) is 6.01 Å². The van der Waals surface area contributed by atoms with Crippen LogP contribution in [0, 0.1) is 0 Å². The number of benzene rings is 1. The number of nitrogens with zero attached hydrogens (tertiary/aromatic N) is 2. The summed E-state index contributed by atoms with van der Waals surface area (Å²) in [5.41, 5.74) is 0.517. The topological polar surface area (TPSA) is 61.3 Å². The number of methoxy groups -OCH3 is 1. The van der Waals surface area contributed by atoms with E-state index in [4.69, 9.17) is 9.47 Å². The van der Waals surface area contributed by atoms with E-state index in [1.807, 2.05) is 0 Å². The quantitative estimate of drug-likeness (QED) is 0.752. The van der Waals surface area contributed by atoms with Crippen molar-refractivity contribution in [3.63, 3.8) is 0 Å². The van der Waals surface area contributed by atoms with Crippen LogP contribution in [-0.2, 0) is 0 Å². The summed E-state index contributed by atoms with van der Waals surface area (Å²) in [5, 5.41) is 0. The average Bonchev–Trinajstić information content (AvgIpc) is 2.40. The molecule has 5 nitrogen and oxygen atoms in total. The maximum Gasteiger partial charge on any atom is 0.321 e. The van der Waals surface area contributed by atoms with Crippen LogP contribution in [-0.4, -0.2) is 23.4 Å². The summed E-state index contributed by atoms with van der Waals surface area (Å²) in [5.74, 6) is 0.923. The van der Waals surface area contributed by atoms with Gasteiger partial charge in [0.25, 0.3) is 0 Å². The van der Waals surface area contributed by atoms with Crippen molar-refractivity contribution in [3.05, 3.63) is 42.2 Å². The van der Waals surface area contributed by atoms with Gasteiger partial charge in [-0.1, -0.05) is 0 Å². The van der Waals surface area contributed by atoms with Gasteiger partial charge in [0.05, 0.1) is 7.11 Å². The van der Waals surface area contributed by atoms with E-state index in [0.29, 0.717) is 17.1 Å². The van der Waals surface area contributed by atoms with Crippen molar-refractivity contribution in [2.45, 2.75) is 0 Å². The normalized spacial score (nSPS) is 9.71. The number of aldehydes is 1. The van der Waals surface area contributed by atoms with E-state index in [2.05, 4.69) is 9.97 Å². The van der Waals surface area contributed by atoms with Crippen LogP contribution < -0.4 is 9.47 Å². The van der Waals surface area contributed by atoms with Gasteiger partial charge < -0.3 is 9.47 Å².